The predicted octanol–water partition coefficient (Wildman–Crippen LogP) is -0.170. The largest absolute Gasteiger partial charge is 0.302 e. The highest BCUT2D eigenvalue weighted by molar-refractivity contribution is 7.95. The first-order valence-electron chi connectivity index (χ1n) is 1.79. The maximum Gasteiger partial charge on any atom is 0.141 e. The number of rotatable bonds is 0. The van der Waals surface area contributed by atoms with Crippen LogP contribution < -0.4 is 5.14 Å². The molecule has 0 aliphatic rings. The Bertz CT molecular complexity index is 154. The van der Waals surface area contributed by atoms with E-state index in [2.05, 4.69) is 0 Å². The Labute approximate surface area is 43.5 Å². The minimum absolute atomic E-state index is 0.354. The van der Waals surface area contributed by atoms with Gasteiger partial charge in [0.05, 0.1) is 0 Å². The molecule has 0 bridgehead atoms. The van der Waals surface area contributed by atoms with Crippen LogP contribution in [-0.4, -0.2) is 13.6 Å². The third-order valence-corrected chi connectivity index (χ3v) is 1.75. The van der Waals surface area contributed by atoms with Crippen LogP contribution in [0.2, 0.25) is 0 Å². The van der Waals surface area contributed by atoms with Crippen molar-refractivity contribution in [2.24, 2.45) is 5.14 Å². The van der Waals surface area contributed by atoms with Gasteiger partial charge in [0, 0.05) is 4.86 Å². The summed E-state index contributed by atoms with van der Waals surface area (Å²) in [5, 5.41) is 4.72. The molecule has 0 saturated carbocycles. The van der Waals surface area contributed by atoms with Gasteiger partial charge >= 0.3 is 0 Å². The molecule has 0 rings (SSSR count). The summed E-state index contributed by atoms with van der Waals surface area (Å²) in [6.07, 6.45) is 0. The summed E-state index contributed by atoms with van der Waals surface area (Å²) in [4.78, 5) is 0.354. The summed E-state index contributed by atoms with van der Waals surface area (Å²) in [7, 11) is -3.07. The highest BCUT2D eigenvalue weighted by Crippen LogP contribution is 1.75. The van der Waals surface area contributed by atoms with Crippen molar-refractivity contribution in [3.8, 4) is 0 Å². The third kappa shape index (κ3) is 2.61. The van der Waals surface area contributed by atoms with Crippen molar-refractivity contribution in [2.75, 3.05) is 0 Å². The Kier molecular flexibility index (Phi) is 1.80. The van der Waals surface area contributed by atoms with Gasteiger partial charge in [-0.1, -0.05) is 0 Å². The quantitative estimate of drug-likeness (QED) is 0.439. The Balaban J connectivity index is 4.67. The van der Waals surface area contributed by atoms with Gasteiger partial charge in [-0.2, -0.15) is 0 Å². The van der Waals surface area contributed by atoms with Crippen molar-refractivity contribution < 1.29 is 8.76 Å². The Morgan fingerprint density at radius 2 is 1.86 bits per heavy atom. The van der Waals surface area contributed by atoms with Gasteiger partial charge in [0.1, 0.15) is 9.99 Å². The van der Waals surface area contributed by atoms with Crippen LogP contribution in [0.15, 0.2) is 0 Å². The molecule has 0 spiro atoms. The molecule has 7 heavy (non-hydrogen) atoms. The maximum absolute atomic E-state index is 10.2. The molecule has 1 atom stereocenters. The second-order valence-electron chi connectivity index (χ2n) is 1.48. The third-order valence-electron chi connectivity index (χ3n) is 0.585. The zero-order valence-electron chi connectivity index (χ0n) is 4.34. The molecule has 3 N–H and O–H groups in total. The average Bonchev–Trinajstić information content (AvgIpc) is 1.31. The molecule has 0 radical (unpaired) electrons. The summed E-state index contributed by atoms with van der Waals surface area (Å²) >= 11 is 0. The van der Waals surface area contributed by atoms with Gasteiger partial charge in [0.2, 0.25) is 0 Å². The predicted molar refractivity (Wildman–Crippen MR) is 31.3 cm³/mol. The van der Waals surface area contributed by atoms with Crippen molar-refractivity contribution in [1.29, 1.82) is 0 Å². The Morgan fingerprint density at radius 3 is 1.86 bits per heavy atom. The van der Waals surface area contributed by atoms with Crippen LogP contribution in [0, 0.1) is 0 Å². The molecule has 0 aromatic carbocycles. The lowest BCUT2D eigenvalue weighted by atomic mass is 10.6. The van der Waals surface area contributed by atoms with E-state index in [1.165, 1.54) is 13.8 Å². The highest BCUT2D eigenvalue weighted by atomic mass is 32.2. The maximum atomic E-state index is 10.2. The zero-order valence-corrected chi connectivity index (χ0v) is 5.16. The molecule has 0 aromatic heterocycles. The molecule has 0 aliphatic carbocycles. The van der Waals surface area contributed by atoms with E-state index in [0.717, 1.165) is 0 Å². The minimum atomic E-state index is -3.07. The summed E-state index contributed by atoms with van der Waals surface area (Å²) in [6.45, 7) is 3.03. The minimum Gasteiger partial charge on any atom is -0.302 e. The highest BCUT2D eigenvalue weighted by Gasteiger charge is 1.90. The second kappa shape index (κ2) is 1.81. The van der Waals surface area contributed by atoms with Crippen LogP contribution in [0.4, 0.5) is 0 Å². The molecule has 0 saturated heterocycles. The van der Waals surface area contributed by atoms with Crippen LogP contribution in [0.3, 0.4) is 0 Å². The van der Waals surface area contributed by atoms with Crippen LogP contribution in [0.1, 0.15) is 13.8 Å². The molecular formula is C3H9NO2S. The zero-order chi connectivity index (χ0) is 6.08. The summed E-state index contributed by atoms with van der Waals surface area (Å²) in [5.74, 6) is 0. The number of hydrogen-bond donors (Lipinski definition) is 2. The first-order chi connectivity index (χ1) is 2.94. The van der Waals surface area contributed by atoms with E-state index in [4.69, 9.17) is 9.69 Å². The van der Waals surface area contributed by atoms with E-state index in [-0.39, 0.29) is 0 Å². The van der Waals surface area contributed by atoms with E-state index >= 15 is 0 Å². The summed E-state index contributed by atoms with van der Waals surface area (Å²) < 4.78 is 18.5. The van der Waals surface area contributed by atoms with Gasteiger partial charge < -0.3 is 4.55 Å². The fourth-order valence-electron chi connectivity index (χ4n) is 0. The Hall–Kier alpha value is -0.0600. The van der Waals surface area contributed by atoms with E-state index in [1.807, 2.05) is 0 Å². The van der Waals surface area contributed by atoms with E-state index in [0.29, 0.717) is 4.86 Å². The number of nitrogens with two attached hydrogens (primary N) is 1. The summed E-state index contributed by atoms with van der Waals surface area (Å²) in [6, 6.07) is 0. The van der Waals surface area contributed by atoms with Crippen molar-refractivity contribution in [2.45, 2.75) is 13.8 Å². The lowest BCUT2D eigenvalue weighted by molar-refractivity contribution is 0.561. The van der Waals surface area contributed by atoms with Gasteiger partial charge in [0.15, 0.2) is 0 Å². The molecule has 0 fully saturated rings. The first kappa shape index (κ1) is 6.94. The van der Waals surface area contributed by atoms with Crippen LogP contribution >= 0.6 is 0 Å². The molecule has 3 nitrogen and oxygen atoms in total. The topological polar surface area (TPSA) is 63.3 Å². The molecule has 1 unspecified atom stereocenters. The molecule has 44 valence electrons. The van der Waals surface area contributed by atoms with Gasteiger partial charge in [-0.15, -0.1) is 0 Å². The van der Waals surface area contributed by atoms with Gasteiger partial charge in [0.25, 0.3) is 0 Å². The van der Waals surface area contributed by atoms with Crippen molar-refractivity contribution in [3.63, 3.8) is 0 Å². The van der Waals surface area contributed by atoms with Gasteiger partial charge in [-0.05, 0) is 13.8 Å². The first-order valence-corrected chi connectivity index (χ1v) is 3.37. The smallest absolute Gasteiger partial charge is 0.141 e. The van der Waals surface area contributed by atoms with Crippen LogP contribution in [-0.2, 0) is 9.99 Å². The van der Waals surface area contributed by atoms with Gasteiger partial charge in [-0.25, -0.2) is 9.35 Å². The SMILES string of the molecule is CC(C)=S(N)(=O)O. The standard InChI is InChI=1S/C3H9NO2S/c1-3(2)7(4,5)6/h1-2H3,(H3,4,5,6). The summed E-state index contributed by atoms with van der Waals surface area (Å²) in [5.41, 5.74) is 0. The molecule has 4 heteroatoms. The van der Waals surface area contributed by atoms with Crippen molar-refractivity contribution >= 4 is 14.9 Å². The van der Waals surface area contributed by atoms with Crippen LogP contribution in [0.5, 0.6) is 0 Å². The molecule has 0 aliphatic heterocycles. The lowest BCUT2D eigenvalue weighted by Gasteiger charge is -1.92. The molecular weight excluding hydrogens is 114 g/mol. The fraction of sp³-hybridized carbons (Fsp3) is 0.667. The molecule has 0 amide bonds. The normalized spacial score (nSPS) is 18.3. The van der Waals surface area contributed by atoms with E-state index in [9.17, 15) is 4.21 Å². The average molecular weight is 123 g/mol. The fourth-order valence-corrected chi connectivity index (χ4v) is 0. The molecule has 0 heterocycles. The van der Waals surface area contributed by atoms with E-state index < -0.39 is 9.99 Å². The monoisotopic (exact) mass is 123 g/mol. The molecule has 0 aromatic rings. The Morgan fingerprint density at radius 1 is 1.71 bits per heavy atom. The van der Waals surface area contributed by atoms with Crippen molar-refractivity contribution in [3.05, 3.63) is 0 Å². The van der Waals surface area contributed by atoms with Gasteiger partial charge in [-0.3, -0.25) is 0 Å². The lowest BCUT2D eigenvalue weighted by Crippen LogP contribution is -2.17. The second-order valence-corrected chi connectivity index (χ2v) is 3.43. The van der Waals surface area contributed by atoms with E-state index in [1.54, 1.807) is 0 Å². The van der Waals surface area contributed by atoms with Crippen molar-refractivity contribution in [1.82, 2.24) is 0 Å². The number of hydrogen-bond acceptors (Lipinski definition) is 1. The van der Waals surface area contributed by atoms with Crippen LogP contribution in [0.25, 0.3) is 0 Å².